The van der Waals surface area contributed by atoms with Crippen molar-refractivity contribution in [2.24, 2.45) is 0 Å². The summed E-state index contributed by atoms with van der Waals surface area (Å²) >= 11 is 6.00. The van der Waals surface area contributed by atoms with Crippen LogP contribution in [0.2, 0.25) is 5.02 Å². The molecule has 0 spiro atoms. The molecule has 1 fully saturated rings. The van der Waals surface area contributed by atoms with Gasteiger partial charge >= 0.3 is 17.3 Å². The summed E-state index contributed by atoms with van der Waals surface area (Å²) in [4.78, 5) is 14.0. The van der Waals surface area contributed by atoms with Gasteiger partial charge in [-0.2, -0.15) is 13.2 Å². The molecule has 0 saturated carbocycles. The lowest BCUT2D eigenvalue weighted by molar-refractivity contribution is -0.138. The Morgan fingerprint density at radius 1 is 1.44 bits per heavy atom. The summed E-state index contributed by atoms with van der Waals surface area (Å²) < 4.78 is 42.4. The zero-order chi connectivity index (χ0) is 20.0. The lowest BCUT2D eigenvalue weighted by Gasteiger charge is -2.38. The summed E-state index contributed by atoms with van der Waals surface area (Å²) in [5, 5.41) is 18.5. The highest BCUT2D eigenvalue weighted by Gasteiger charge is 2.47. The maximum atomic E-state index is 13.2. The Morgan fingerprint density at radius 2 is 2.15 bits per heavy atom. The van der Waals surface area contributed by atoms with Crippen molar-refractivity contribution in [3.63, 3.8) is 0 Å². The number of quaternary nitrogens is 1. The van der Waals surface area contributed by atoms with Crippen LogP contribution in [0.25, 0.3) is 0 Å². The van der Waals surface area contributed by atoms with E-state index in [1.807, 2.05) is 0 Å². The standard InChI is InChI=1S/C15H14ClF3N4O3S/c1-8-5-9(16)3-4-10(8)12(24)26-11-6-22(2)7-23(11,25)14-21-20-13(27-14)15(17,18)19/h3-5,11H,6-7H2,1-2H3. The number of esters is 1. The first-order valence-corrected chi connectivity index (χ1v) is 8.86. The van der Waals surface area contributed by atoms with Gasteiger partial charge in [-0.05, 0) is 49.1 Å². The average molecular weight is 423 g/mol. The van der Waals surface area contributed by atoms with Crippen molar-refractivity contribution in [1.29, 1.82) is 0 Å². The molecule has 2 unspecified atom stereocenters. The van der Waals surface area contributed by atoms with Gasteiger partial charge in [-0.3, -0.25) is 4.65 Å². The van der Waals surface area contributed by atoms with Gasteiger partial charge in [0.1, 0.15) is 6.67 Å². The number of carbonyl (C=O) groups excluding carboxylic acids is 1. The van der Waals surface area contributed by atoms with Crippen LogP contribution >= 0.6 is 22.9 Å². The van der Waals surface area contributed by atoms with Gasteiger partial charge in [0.05, 0.1) is 12.1 Å². The molecule has 2 atom stereocenters. The lowest BCUT2D eigenvalue weighted by Crippen LogP contribution is -2.50. The summed E-state index contributed by atoms with van der Waals surface area (Å²) in [6.45, 7) is 1.48. The van der Waals surface area contributed by atoms with Crippen LogP contribution in [0, 0.1) is 12.1 Å². The van der Waals surface area contributed by atoms with Crippen LogP contribution in [0.5, 0.6) is 0 Å². The first kappa shape index (κ1) is 20.0. The van der Waals surface area contributed by atoms with E-state index in [-0.39, 0.29) is 30.1 Å². The monoisotopic (exact) mass is 422 g/mol. The van der Waals surface area contributed by atoms with Crippen LogP contribution in [0.3, 0.4) is 0 Å². The van der Waals surface area contributed by atoms with E-state index in [0.29, 0.717) is 10.6 Å². The molecule has 0 aliphatic carbocycles. The highest BCUT2D eigenvalue weighted by Crippen LogP contribution is 2.39. The summed E-state index contributed by atoms with van der Waals surface area (Å²) in [7, 11) is 1.60. The molecule has 1 aliphatic rings. The number of aromatic nitrogens is 2. The number of halogens is 4. The van der Waals surface area contributed by atoms with Gasteiger partial charge in [-0.25, -0.2) is 9.69 Å². The highest BCUT2D eigenvalue weighted by molar-refractivity contribution is 7.15. The second-order valence-corrected chi connectivity index (χ2v) is 7.57. The second-order valence-electron chi connectivity index (χ2n) is 6.18. The van der Waals surface area contributed by atoms with E-state index < -0.39 is 33.2 Å². The van der Waals surface area contributed by atoms with E-state index in [2.05, 4.69) is 10.2 Å². The molecule has 0 bridgehead atoms. The number of carbonyl (C=O) groups is 1. The number of hydroxylamine groups is 2. The van der Waals surface area contributed by atoms with E-state index in [9.17, 15) is 23.2 Å². The highest BCUT2D eigenvalue weighted by atomic mass is 35.5. The minimum absolute atomic E-state index is 0.0445. The van der Waals surface area contributed by atoms with Crippen LogP contribution in [-0.4, -0.2) is 47.6 Å². The second kappa shape index (κ2) is 6.99. The maximum Gasteiger partial charge on any atom is 0.445 e. The molecule has 0 radical (unpaired) electrons. The summed E-state index contributed by atoms with van der Waals surface area (Å²) in [5.74, 6) is -0.761. The first-order chi connectivity index (χ1) is 12.5. The zero-order valence-electron chi connectivity index (χ0n) is 14.2. The van der Waals surface area contributed by atoms with Crippen molar-refractivity contribution >= 4 is 34.0 Å². The molecule has 7 nitrogen and oxygen atoms in total. The fourth-order valence-electron chi connectivity index (χ4n) is 2.74. The van der Waals surface area contributed by atoms with Crippen LogP contribution in [0.1, 0.15) is 20.9 Å². The predicted octanol–water partition coefficient (Wildman–Crippen LogP) is 3.41. The molecular formula is C15H14ClF3N4O3S. The van der Waals surface area contributed by atoms with Gasteiger partial charge in [0, 0.05) is 5.02 Å². The van der Waals surface area contributed by atoms with Crippen molar-refractivity contribution in [3.8, 4) is 0 Å². The van der Waals surface area contributed by atoms with Crippen molar-refractivity contribution in [3.05, 3.63) is 44.6 Å². The van der Waals surface area contributed by atoms with Gasteiger partial charge in [-0.15, -0.1) is 5.10 Å². The molecule has 0 amide bonds. The number of benzene rings is 1. The lowest BCUT2D eigenvalue weighted by atomic mass is 10.1. The van der Waals surface area contributed by atoms with Crippen LogP contribution in [0.4, 0.5) is 18.3 Å². The Balaban J connectivity index is 1.87. The van der Waals surface area contributed by atoms with Gasteiger partial charge in [0.25, 0.3) is 6.23 Å². The molecule has 2 heterocycles. The topological polar surface area (TPSA) is 78.4 Å². The van der Waals surface area contributed by atoms with Crippen LogP contribution in [-0.2, 0) is 10.9 Å². The molecule has 1 saturated heterocycles. The summed E-state index contributed by atoms with van der Waals surface area (Å²) in [6.07, 6.45) is -5.97. The number of aryl methyl sites for hydroxylation is 1. The van der Waals surface area contributed by atoms with Crippen LogP contribution in [0.15, 0.2) is 18.2 Å². The Hall–Kier alpha value is -1.79. The van der Waals surface area contributed by atoms with Gasteiger partial charge in [-0.1, -0.05) is 16.7 Å². The van der Waals surface area contributed by atoms with Crippen LogP contribution < -0.4 is 4.65 Å². The van der Waals surface area contributed by atoms with Crippen molar-refractivity contribution < 1.29 is 22.7 Å². The molecule has 27 heavy (non-hydrogen) atoms. The number of hydrogen-bond donors (Lipinski definition) is 0. The fraction of sp³-hybridized carbons (Fsp3) is 0.400. The summed E-state index contributed by atoms with van der Waals surface area (Å²) in [6, 6.07) is 4.54. The first-order valence-electron chi connectivity index (χ1n) is 7.66. The largest absolute Gasteiger partial charge is 0.622 e. The fourth-order valence-corrected chi connectivity index (χ4v) is 3.75. The predicted molar refractivity (Wildman–Crippen MR) is 93.0 cm³/mol. The van der Waals surface area contributed by atoms with E-state index >= 15 is 0 Å². The molecule has 12 heteroatoms. The van der Waals surface area contributed by atoms with E-state index in [1.165, 1.54) is 12.1 Å². The van der Waals surface area contributed by atoms with Gasteiger partial charge in [0.15, 0.2) is 0 Å². The van der Waals surface area contributed by atoms with E-state index in [1.54, 1.807) is 24.9 Å². The van der Waals surface area contributed by atoms with Gasteiger partial charge in [0.2, 0.25) is 5.01 Å². The number of ether oxygens (including phenoxy) is 1. The quantitative estimate of drug-likeness (QED) is 0.428. The number of hydrogen-bond acceptors (Lipinski definition) is 7. The Kier molecular flexibility index (Phi) is 5.16. The van der Waals surface area contributed by atoms with Gasteiger partial charge < -0.3 is 9.94 Å². The third kappa shape index (κ3) is 3.92. The number of nitrogens with zero attached hydrogens (tertiary/aromatic N) is 4. The van der Waals surface area contributed by atoms with E-state index in [0.717, 1.165) is 0 Å². The molecule has 3 rings (SSSR count). The Bertz CT molecular complexity index is 878. The maximum absolute atomic E-state index is 13.2. The zero-order valence-corrected chi connectivity index (χ0v) is 15.7. The number of rotatable bonds is 3. The molecule has 1 aromatic carbocycles. The number of alkyl halides is 3. The average Bonchev–Trinajstić information content (AvgIpc) is 3.13. The molecular weight excluding hydrogens is 409 g/mol. The molecule has 0 N–H and O–H groups in total. The molecule has 1 aliphatic heterocycles. The van der Waals surface area contributed by atoms with Crippen molar-refractivity contribution in [2.45, 2.75) is 19.3 Å². The smallest absolute Gasteiger partial charge is 0.445 e. The third-order valence-electron chi connectivity index (χ3n) is 4.02. The van der Waals surface area contributed by atoms with E-state index in [4.69, 9.17) is 16.3 Å². The van der Waals surface area contributed by atoms with Crippen molar-refractivity contribution in [1.82, 2.24) is 19.7 Å². The Labute approximate surface area is 161 Å². The minimum atomic E-state index is -4.70. The number of likely N-dealkylation sites (N-methyl/N-ethyl adjacent to an activating group) is 1. The molecule has 2 aromatic rings. The normalized spacial score (nSPS) is 23.6. The van der Waals surface area contributed by atoms with Crippen molar-refractivity contribution in [2.75, 3.05) is 20.3 Å². The SMILES string of the molecule is Cc1cc(Cl)ccc1C(=O)OC1CN(C)C[N+]1([O-])c1nnc(C(F)(F)F)s1. The summed E-state index contributed by atoms with van der Waals surface area (Å²) in [5.41, 5.74) is 0.770. The minimum Gasteiger partial charge on any atom is -0.622 e. The molecule has 146 valence electrons. The third-order valence-corrected chi connectivity index (χ3v) is 5.33. The molecule has 1 aromatic heterocycles. The Morgan fingerprint density at radius 3 is 2.74 bits per heavy atom.